The van der Waals surface area contributed by atoms with E-state index in [0.29, 0.717) is 17.4 Å². The Kier molecular flexibility index (Phi) is 3.82. The summed E-state index contributed by atoms with van der Waals surface area (Å²) in [5, 5.41) is 0. The number of furan rings is 1. The van der Waals surface area contributed by atoms with E-state index in [1.165, 1.54) is 18.4 Å². The van der Waals surface area contributed by atoms with Crippen molar-refractivity contribution in [1.29, 1.82) is 0 Å². The number of aryl methyl sites for hydroxylation is 1. The Morgan fingerprint density at radius 3 is 2.55 bits per heavy atom. The highest BCUT2D eigenvalue weighted by Crippen LogP contribution is 2.22. The van der Waals surface area contributed by atoms with E-state index in [-0.39, 0.29) is 11.4 Å². The Bertz CT molecular complexity index is 849. The van der Waals surface area contributed by atoms with Crippen molar-refractivity contribution in [3.05, 3.63) is 60.5 Å². The van der Waals surface area contributed by atoms with Gasteiger partial charge < -0.3 is 8.83 Å². The molecular formula is C15H14N2O4S. The molecule has 0 amide bonds. The van der Waals surface area contributed by atoms with Gasteiger partial charge in [-0.15, -0.1) is 0 Å². The molecule has 114 valence electrons. The van der Waals surface area contributed by atoms with Crippen LogP contribution in [0.5, 0.6) is 0 Å². The van der Waals surface area contributed by atoms with Gasteiger partial charge in [0.25, 0.3) is 0 Å². The van der Waals surface area contributed by atoms with Gasteiger partial charge in [0.05, 0.1) is 23.9 Å². The topological polar surface area (TPSA) is 85.3 Å². The van der Waals surface area contributed by atoms with Gasteiger partial charge in [-0.05, 0) is 36.4 Å². The maximum atomic E-state index is 12.2. The lowest BCUT2D eigenvalue weighted by atomic mass is 10.2. The number of rotatable bonds is 5. The first kappa shape index (κ1) is 14.6. The van der Waals surface area contributed by atoms with E-state index in [2.05, 4.69) is 9.71 Å². The van der Waals surface area contributed by atoms with Gasteiger partial charge in [0.2, 0.25) is 10.0 Å². The Labute approximate surface area is 127 Å². The molecule has 0 aliphatic carbocycles. The molecule has 0 saturated heterocycles. The van der Waals surface area contributed by atoms with Crippen LogP contribution in [0.25, 0.3) is 11.3 Å². The molecule has 3 aromatic rings. The Balaban J connectivity index is 1.76. The van der Waals surface area contributed by atoms with Gasteiger partial charge in [-0.3, -0.25) is 0 Å². The van der Waals surface area contributed by atoms with Crippen molar-refractivity contribution in [3.8, 4) is 11.3 Å². The second kappa shape index (κ2) is 5.78. The second-order valence-electron chi connectivity index (χ2n) is 4.67. The summed E-state index contributed by atoms with van der Waals surface area (Å²) < 4.78 is 37.4. The van der Waals surface area contributed by atoms with Crippen LogP contribution < -0.4 is 4.72 Å². The van der Waals surface area contributed by atoms with Crippen molar-refractivity contribution in [2.75, 3.05) is 0 Å². The van der Waals surface area contributed by atoms with E-state index < -0.39 is 10.0 Å². The van der Waals surface area contributed by atoms with E-state index in [4.69, 9.17) is 8.83 Å². The van der Waals surface area contributed by atoms with Crippen LogP contribution in [0.3, 0.4) is 0 Å². The van der Waals surface area contributed by atoms with Crippen molar-refractivity contribution in [2.24, 2.45) is 0 Å². The summed E-state index contributed by atoms with van der Waals surface area (Å²) in [4.78, 5) is 4.19. The number of sulfonamides is 1. The summed E-state index contributed by atoms with van der Waals surface area (Å²) in [6.07, 6.45) is 3.10. The zero-order valence-corrected chi connectivity index (χ0v) is 12.6. The minimum Gasteiger partial charge on any atom is -0.468 e. The molecule has 0 aliphatic rings. The fraction of sp³-hybridized carbons (Fsp3) is 0.133. The number of hydrogen-bond acceptors (Lipinski definition) is 5. The fourth-order valence-electron chi connectivity index (χ4n) is 1.96. The fourth-order valence-corrected chi connectivity index (χ4v) is 2.95. The number of oxazole rings is 1. The van der Waals surface area contributed by atoms with Crippen LogP contribution in [0, 0.1) is 6.92 Å². The molecule has 0 atom stereocenters. The zero-order chi connectivity index (χ0) is 15.6. The summed E-state index contributed by atoms with van der Waals surface area (Å²) in [6, 6.07) is 9.83. The third kappa shape index (κ3) is 3.10. The number of hydrogen-bond donors (Lipinski definition) is 1. The molecule has 1 aromatic carbocycles. The van der Waals surface area contributed by atoms with Gasteiger partial charge >= 0.3 is 0 Å². The van der Waals surface area contributed by atoms with Crippen molar-refractivity contribution >= 4 is 10.0 Å². The first-order chi connectivity index (χ1) is 10.5. The summed E-state index contributed by atoms with van der Waals surface area (Å²) in [5.74, 6) is 1.72. The lowest BCUT2D eigenvalue weighted by Crippen LogP contribution is -2.22. The van der Waals surface area contributed by atoms with E-state index in [0.717, 1.165) is 5.56 Å². The van der Waals surface area contributed by atoms with Crippen molar-refractivity contribution < 1.29 is 17.3 Å². The van der Waals surface area contributed by atoms with E-state index in [1.807, 2.05) is 0 Å². The molecule has 6 nitrogen and oxygen atoms in total. The van der Waals surface area contributed by atoms with E-state index >= 15 is 0 Å². The van der Waals surface area contributed by atoms with Crippen LogP contribution in [0.1, 0.15) is 11.7 Å². The van der Waals surface area contributed by atoms with E-state index in [9.17, 15) is 8.42 Å². The predicted octanol–water partition coefficient (Wildman–Crippen LogP) is 2.72. The molecule has 0 bridgehead atoms. The summed E-state index contributed by atoms with van der Waals surface area (Å²) in [5.41, 5.74) is 0.769. The van der Waals surface area contributed by atoms with Gasteiger partial charge in [-0.2, -0.15) is 0 Å². The Morgan fingerprint density at radius 2 is 1.95 bits per heavy atom. The van der Waals surface area contributed by atoms with Crippen LogP contribution in [-0.4, -0.2) is 13.4 Å². The first-order valence-electron chi connectivity index (χ1n) is 6.59. The quantitative estimate of drug-likeness (QED) is 0.782. The van der Waals surface area contributed by atoms with Crippen LogP contribution in [0.2, 0.25) is 0 Å². The lowest BCUT2D eigenvalue weighted by molar-refractivity contribution is 0.498. The standard InChI is InChI=1S/C15H14N2O4S/c1-11-16-10-15(21-11)12-4-6-14(7-5-12)22(18,19)17-9-13-3-2-8-20-13/h2-8,10,17H,9H2,1H3. The molecule has 0 fully saturated rings. The molecule has 3 rings (SSSR count). The van der Waals surface area contributed by atoms with Crippen molar-refractivity contribution in [3.63, 3.8) is 0 Å². The zero-order valence-electron chi connectivity index (χ0n) is 11.8. The minimum atomic E-state index is -3.59. The molecule has 0 saturated carbocycles. The first-order valence-corrected chi connectivity index (χ1v) is 8.08. The van der Waals surface area contributed by atoms with Gasteiger partial charge in [0.15, 0.2) is 11.7 Å². The van der Waals surface area contributed by atoms with Gasteiger partial charge in [-0.1, -0.05) is 0 Å². The molecule has 2 aromatic heterocycles. The molecule has 0 aliphatic heterocycles. The number of nitrogens with zero attached hydrogens (tertiary/aromatic N) is 1. The van der Waals surface area contributed by atoms with Gasteiger partial charge in [-0.25, -0.2) is 18.1 Å². The highest BCUT2D eigenvalue weighted by Gasteiger charge is 2.15. The second-order valence-corrected chi connectivity index (χ2v) is 6.44. The predicted molar refractivity (Wildman–Crippen MR) is 79.4 cm³/mol. The Morgan fingerprint density at radius 1 is 1.18 bits per heavy atom. The summed E-state index contributed by atoms with van der Waals surface area (Å²) in [6.45, 7) is 1.86. The van der Waals surface area contributed by atoms with Gasteiger partial charge in [0.1, 0.15) is 5.76 Å². The molecule has 0 unspecified atom stereocenters. The largest absolute Gasteiger partial charge is 0.468 e. The van der Waals surface area contributed by atoms with E-state index in [1.54, 1.807) is 37.4 Å². The average Bonchev–Trinajstić information content (AvgIpc) is 3.17. The maximum absolute atomic E-state index is 12.2. The summed E-state index contributed by atoms with van der Waals surface area (Å²) >= 11 is 0. The monoisotopic (exact) mass is 318 g/mol. The van der Waals surface area contributed by atoms with Crippen LogP contribution in [-0.2, 0) is 16.6 Å². The highest BCUT2D eigenvalue weighted by molar-refractivity contribution is 7.89. The number of nitrogens with one attached hydrogen (secondary N) is 1. The van der Waals surface area contributed by atoms with Crippen molar-refractivity contribution in [2.45, 2.75) is 18.4 Å². The van der Waals surface area contributed by atoms with Gasteiger partial charge in [0, 0.05) is 12.5 Å². The average molecular weight is 318 g/mol. The molecule has 7 heteroatoms. The molecular weight excluding hydrogens is 304 g/mol. The highest BCUT2D eigenvalue weighted by atomic mass is 32.2. The Hall–Kier alpha value is -2.38. The smallest absolute Gasteiger partial charge is 0.240 e. The van der Waals surface area contributed by atoms with Crippen molar-refractivity contribution in [1.82, 2.24) is 9.71 Å². The minimum absolute atomic E-state index is 0.110. The molecule has 22 heavy (non-hydrogen) atoms. The van der Waals surface area contributed by atoms with Crippen LogP contribution >= 0.6 is 0 Å². The third-order valence-electron chi connectivity index (χ3n) is 3.09. The lowest BCUT2D eigenvalue weighted by Gasteiger charge is -2.06. The molecule has 0 spiro atoms. The normalized spacial score (nSPS) is 11.7. The van der Waals surface area contributed by atoms with Crippen LogP contribution in [0.4, 0.5) is 0 Å². The van der Waals surface area contributed by atoms with Crippen LogP contribution in [0.15, 0.2) is 62.6 Å². The maximum Gasteiger partial charge on any atom is 0.240 e. The molecule has 2 heterocycles. The molecule has 1 N–H and O–H groups in total. The molecule has 0 radical (unpaired) electrons. The third-order valence-corrected chi connectivity index (χ3v) is 4.50. The number of aromatic nitrogens is 1. The summed E-state index contributed by atoms with van der Waals surface area (Å²) in [7, 11) is -3.59. The SMILES string of the molecule is Cc1ncc(-c2ccc(S(=O)(=O)NCc3ccco3)cc2)o1. The number of benzene rings is 1.